The SMILES string of the molecule is O=C(O)c1ccc(-c2ccc(C(F)(F)F)nc2)nc1. The van der Waals surface area contributed by atoms with E-state index in [-0.39, 0.29) is 5.56 Å². The van der Waals surface area contributed by atoms with Crippen LogP contribution in [0.2, 0.25) is 0 Å². The number of hydrogen-bond donors (Lipinski definition) is 1. The Hall–Kier alpha value is -2.44. The molecule has 0 unspecified atom stereocenters. The van der Waals surface area contributed by atoms with Gasteiger partial charge in [-0.3, -0.25) is 9.97 Å². The Balaban J connectivity index is 2.30. The van der Waals surface area contributed by atoms with E-state index in [2.05, 4.69) is 9.97 Å². The first-order valence-corrected chi connectivity index (χ1v) is 5.11. The number of halogens is 3. The lowest BCUT2D eigenvalue weighted by Gasteiger charge is -2.06. The quantitative estimate of drug-likeness (QED) is 0.909. The number of carbonyl (C=O) groups is 1. The zero-order chi connectivity index (χ0) is 14.0. The maximum atomic E-state index is 12.3. The summed E-state index contributed by atoms with van der Waals surface area (Å²) >= 11 is 0. The summed E-state index contributed by atoms with van der Waals surface area (Å²) in [5.41, 5.74) is -0.252. The summed E-state index contributed by atoms with van der Waals surface area (Å²) < 4.78 is 37.0. The van der Waals surface area contributed by atoms with Crippen LogP contribution in [0.1, 0.15) is 16.1 Å². The molecule has 2 aromatic rings. The van der Waals surface area contributed by atoms with Gasteiger partial charge in [-0.1, -0.05) is 0 Å². The van der Waals surface area contributed by atoms with Gasteiger partial charge in [-0.25, -0.2) is 4.79 Å². The number of carboxylic acid groups (broad SMARTS) is 1. The molecule has 2 heterocycles. The first kappa shape index (κ1) is 13.0. The molecule has 2 rings (SSSR count). The lowest BCUT2D eigenvalue weighted by atomic mass is 10.1. The summed E-state index contributed by atoms with van der Waals surface area (Å²) in [4.78, 5) is 17.8. The lowest BCUT2D eigenvalue weighted by Crippen LogP contribution is -2.07. The molecule has 4 nitrogen and oxygen atoms in total. The largest absolute Gasteiger partial charge is 0.478 e. The van der Waals surface area contributed by atoms with E-state index in [4.69, 9.17) is 5.11 Å². The molecule has 0 fully saturated rings. The minimum Gasteiger partial charge on any atom is -0.478 e. The molecule has 0 bridgehead atoms. The van der Waals surface area contributed by atoms with Crippen molar-refractivity contribution in [3.05, 3.63) is 47.9 Å². The molecule has 0 spiro atoms. The third-order valence-electron chi connectivity index (χ3n) is 2.36. The Labute approximate surface area is 105 Å². The first-order chi connectivity index (χ1) is 8.88. The molecule has 0 saturated carbocycles. The Bertz CT molecular complexity index is 592. The number of aromatic nitrogens is 2. The van der Waals surface area contributed by atoms with Crippen LogP contribution in [-0.4, -0.2) is 21.0 Å². The highest BCUT2D eigenvalue weighted by atomic mass is 19.4. The summed E-state index contributed by atoms with van der Waals surface area (Å²) in [5, 5.41) is 8.69. The van der Waals surface area contributed by atoms with Gasteiger partial charge >= 0.3 is 12.1 Å². The maximum Gasteiger partial charge on any atom is 0.433 e. The van der Waals surface area contributed by atoms with Gasteiger partial charge in [0.05, 0.1) is 11.3 Å². The van der Waals surface area contributed by atoms with Crippen molar-refractivity contribution in [2.75, 3.05) is 0 Å². The lowest BCUT2D eigenvalue weighted by molar-refractivity contribution is -0.141. The molecule has 2 aromatic heterocycles. The zero-order valence-corrected chi connectivity index (χ0v) is 9.35. The molecule has 0 atom stereocenters. The third kappa shape index (κ3) is 2.87. The molecule has 0 aliphatic heterocycles. The highest BCUT2D eigenvalue weighted by molar-refractivity contribution is 5.87. The van der Waals surface area contributed by atoms with Gasteiger partial charge in [-0.2, -0.15) is 13.2 Å². The number of rotatable bonds is 2. The number of alkyl halides is 3. The van der Waals surface area contributed by atoms with Gasteiger partial charge in [-0.15, -0.1) is 0 Å². The second-order valence-electron chi connectivity index (χ2n) is 3.67. The van der Waals surface area contributed by atoms with E-state index in [1.807, 2.05) is 0 Å². The molecular weight excluding hydrogens is 261 g/mol. The van der Waals surface area contributed by atoms with Crippen LogP contribution >= 0.6 is 0 Å². The fourth-order valence-corrected chi connectivity index (χ4v) is 1.40. The number of hydrogen-bond acceptors (Lipinski definition) is 3. The number of aromatic carboxylic acids is 1. The van der Waals surface area contributed by atoms with Gasteiger partial charge in [0.1, 0.15) is 5.69 Å². The Morgan fingerprint density at radius 3 is 2.21 bits per heavy atom. The predicted molar refractivity (Wildman–Crippen MR) is 59.4 cm³/mol. The number of pyridine rings is 2. The van der Waals surface area contributed by atoms with E-state index >= 15 is 0 Å². The van der Waals surface area contributed by atoms with Crippen molar-refractivity contribution in [3.63, 3.8) is 0 Å². The number of carboxylic acids is 1. The van der Waals surface area contributed by atoms with Crippen LogP contribution in [0, 0.1) is 0 Å². The van der Waals surface area contributed by atoms with Crippen molar-refractivity contribution in [2.45, 2.75) is 6.18 Å². The van der Waals surface area contributed by atoms with Crippen LogP contribution in [0.4, 0.5) is 13.2 Å². The summed E-state index contributed by atoms with van der Waals surface area (Å²) in [7, 11) is 0. The molecule has 19 heavy (non-hydrogen) atoms. The molecule has 7 heteroatoms. The van der Waals surface area contributed by atoms with Crippen molar-refractivity contribution in [1.29, 1.82) is 0 Å². The summed E-state index contributed by atoms with van der Waals surface area (Å²) in [6, 6.07) is 4.82. The zero-order valence-electron chi connectivity index (χ0n) is 9.35. The maximum absolute atomic E-state index is 12.3. The highest BCUT2D eigenvalue weighted by Gasteiger charge is 2.32. The Morgan fingerprint density at radius 1 is 1.05 bits per heavy atom. The summed E-state index contributed by atoms with van der Waals surface area (Å²) in [6.07, 6.45) is -2.31. The summed E-state index contributed by atoms with van der Waals surface area (Å²) in [5.74, 6) is -1.12. The van der Waals surface area contributed by atoms with Gasteiger partial charge in [0.2, 0.25) is 0 Å². The van der Waals surface area contributed by atoms with Crippen LogP contribution < -0.4 is 0 Å². The molecule has 1 N–H and O–H groups in total. The van der Waals surface area contributed by atoms with Crippen LogP contribution in [0.15, 0.2) is 36.7 Å². The molecule has 0 amide bonds. The predicted octanol–water partition coefficient (Wildman–Crippen LogP) is 2.86. The van der Waals surface area contributed by atoms with Crippen LogP contribution in [0.5, 0.6) is 0 Å². The van der Waals surface area contributed by atoms with Crippen LogP contribution in [-0.2, 0) is 6.18 Å². The van der Waals surface area contributed by atoms with Gasteiger partial charge in [0, 0.05) is 18.0 Å². The second-order valence-corrected chi connectivity index (χ2v) is 3.67. The smallest absolute Gasteiger partial charge is 0.433 e. The van der Waals surface area contributed by atoms with Crippen molar-refractivity contribution in [2.24, 2.45) is 0 Å². The van der Waals surface area contributed by atoms with Gasteiger partial charge in [-0.05, 0) is 24.3 Å². The normalized spacial score (nSPS) is 11.3. The van der Waals surface area contributed by atoms with Crippen LogP contribution in [0.25, 0.3) is 11.3 Å². The average molecular weight is 268 g/mol. The minimum absolute atomic E-state index is 0.00335. The van der Waals surface area contributed by atoms with Gasteiger partial charge in [0.25, 0.3) is 0 Å². The van der Waals surface area contributed by atoms with E-state index in [0.29, 0.717) is 11.3 Å². The Morgan fingerprint density at radius 2 is 1.79 bits per heavy atom. The van der Waals surface area contributed by atoms with Gasteiger partial charge < -0.3 is 5.11 Å². The molecule has 0 radical (unpaired) electrons. The van der Waals surface area contributed by atoms with E-state index < -0.39 is 17.8 Å². The van der Waals surface area contributed by atoms with Crippen molar-refractivity contribution in [3.8, 4) is 11.3 Å². The molecule has 98 valence electrons. The van der Waals surface area contributed by atoms with E-state index in [1.165, 1.54) is 18.2 Å². The molecule has 0 aliphatic carbocycles. The van der Waals surface area contributed by atoms with Crippen LogP contribution in [0.3, 0.4) is 0 Å². The van der Waals surface area contributed by atoms with E-state index in [0.717, 1.165) is 18.5 Å². The second kappa shape index (κ2) is 4.68. The van der Waals surface area contributed by atoms with Crippen molar-refractivity contribution in [1.82, 2.24) is 9.97 Å². The monoisotopic (exact) mass is 268 g/mol. The van der Waals surface area contributed by atoms with E-state index in [1.54, 1.807) is 0 Å². The topological polar surface area (TPSA) is 63.1 Å². The summed E-state index contributed by atoms with van der Waals surface area (Å²) in [6.45, 7) is 0. The molecule has 0 aliphatic rings. The van der Waals surface area contributed by atoms with Crippen molar-refractivity contribution < 1.29 is 23.1 Å². The molecule has 0 aromatic carbocycles. The van der Waals surface area contributed by atoms with Gasteiger partial charge in [0.15, 0.2) is 0 Å². The first-order valence-electron chi connectivity index (χ1n) is 5.11. The average Bonchev–Trinajstić information content (AvgIpc) is 2.38. The van der Waals surface area contributed by atoms with Crippen molar-refractivity contribution >= 4 is 5.97 Å². The minimum atomic E-state index is -4.49. The van der Waals surface area contributed by atoms with E-state index in [9.17, 15) is 18.0 Å². The number of nitrogens with zero attached hydrogens (tertiary/aromatic N) is 2. The molecular formula is C12H7F3N2O2. The fourth-order valence-electron chi connectivity index (χ4n) is 1.40. The highest BCUT2D eigenvalue weighted by Crippen LogP contribution is 2.28. The fraction of sp³-hybridized carbons (Fsp3) is 0.0833. The standard InChI is InChI=1S/C12H7F3N2O2/c13-12(14,15)10-4-2-7(5-17-10)9-3-1-8(6-16-9)11(18)19/h1-6H,(H,18,19). The Kier molecular flexibility index (Phi) is 3.20. The third-order valence-corrected chi connectivity index (χ3v) is 2.36. The molecule has 0 saturated heterocycles.